The molecule has 1 saturated heterocycles. The lowest BCUT2D eigenvalue weighted by Crippen LogP contribution is -2.53. The zero-order valence-electron chi connectivity index (χ0n) is 13.2. The van der Waals surface area contributed by atoms with Gasteiger partial charge in [0.2, 0.25) is 0 Å². The monoisotopic (exact) mass is 348 g/mol. The molecule has 0 spiro atoms. The Kier molecular flexibility index (Phi) is 5.11. The Hall–Kier alpha value is -1.99. The number of nitrogens with one attached hydrogen (secondary N) is 2. The number of halogens is 2. The van der Waals surface area contributed by atoms with Crippen molar-refractivity contribution in [3.8, 4) is 0 Å². The summed E-state index contributed by atoms with van der Waals surface area (Å²) in [5.41, 5.74) is 0.979. The highest BCUT2D eigenvalue weighted by Gasteiger charge is 2.37. The van der Waals surface area contributed by atoms with Gasteiger partial charge >= 0.3 is 0 Å². The Morgan fingerprint density at radius 1 is 1.29 bits per heavy atom. The van der Waals surface area contributed by atoms with Gasteiger partial charge in [0.25, 0.3) is 0 Å². The summed E-state index contributed by atoms with van der Waals surface area (Å²) in [6.07, 6.45) is 3.47. The summed E-state index contributed by atoms with van der Waals surface area (Å²) in [4.78, 5) is 5.74. The van der Waals surface area contributed by atoms with Crippen LogP contribution in [0.2, 0.25) is 0 Å². The van der Waals surface area contributed by atoms with Gasteiger partial charge in [-0.15, -0.1) is 11.8 Å². The molecule has 2 heterocycles. The summed E-state index contributed by atoms with van der Waals surface area (Å²) < 4.78 is 28.5. The molecule has 126 valence electrons. The van der Waals surface area contributed by atoms with E-state index in [9.17, 15) is 8.78 Å². The Balaban J connectivity index is 1.87. The molecular weight excluding hydrogens is 330 g/mol. The maximum Gasteiger partial charge on any atom is 0.130 e. The van der Waals surface area contributed by atoms with Crippen molar-refractivity contribution >= 4 is 17.6 Å². The number of hydrogen-bond acceptors (Lipinski definition) is 4. The Bertz CT molecular complexity index is 706. The lowest BCUT2D eigenvalue weighted by atomic mass is 9.94. The number of thioether (sulfide) groups is 1. The fraction of sp³-hybridized carbons (Fsp3) is 0.294. The molecule has 0 radical (unpaired) electrons. The van der Waals surface area contributed by atoms with Crippen LogP contribution < -0.4 is 5.32 Å². The smallest absolute Gasteiger partial charge is 0.130 e. The summed E-state index contributed by atoms with van der Waals surface area (Å²) in [6.45, 7) is 0.468. The summed E-state index contributed by atoms with van der Waals surface area (Å²) in [5.74, 6) is -1.06. The van der Waals surface area contributed by atoms with Crippen molar-refractivity contribution in [3.05, 3.63) is 65.5 Å². The van der Waals surface area contributed by atoms with Crippen LogP contribution in [-0.2, 0) is 5.75 Å². The maximum absolute atomic E-state index is 14.3. The molecule has 1 aromatic heterocycles. The molecule has 0 bridgehead atoms. The van der Waals surface area contributed by atoms with Gasteiger partial charge in [0.15, 0.2) is 0 Å². The molecule has 2 N–H and O–H groups in total. The first-order valence-electron chi connectivity index (χ1n) is 7.55. The predicted molar refractivity (Wildman–Crippen MR) is 91.9 cm³/mol. The number of rotatable bonds is 4. The van der Waals surface area contributed by atoms with Crippen molar-refractivity contribution < 1.29 is 8.78 Å². The molecule has 24 heavy (non-hydrogen) atoms. The zero-order valence-corrected chi connectivity index (χ0v) is 14.0. The van der Waals surface area contributed by atoms with E-state index in [4.69, 9.17) is 5.41 Å². The van der Waals surface area contributed by atoms with Gasteiger partial charge < -0.3 is 4.90 Å². The second-order valence-corrected chi connectivity index (χ2v) is 6.78. The molecule has 0 aliphatic carbocycles. The largest absolute Gasteiger partial charge is 0.350 e. The second kappa shape index (κ2) is 7.27. The third-order valence-electron chi connectivity index (χ3n) is 4.00. The van der Waals surface area contributed by atoms with E-state index in [1.807, 2.05) is 12.1 Å². The molecule has 1 aromatic carbocycles. The predicted octanol–water partition coefficient (Wildman–Crippen LogP) is 3.17. The number of aromatic nitrogens is 1. The van der Waals surface area contributed by atoms with E-state index in [2.05, 4.69) is 10.3 Å². The first-order valence-corrected chi connectivity index (χ1v) is 8.60. The third-order valence-corrected chi connectivity index (χ3v) is 5.30. The van der Waals surface area contributed by atoms with E-state index in [0.29, 0.717) is 12.4 Å². The van der Waals surface area contributed by atoms with Crippen LogP contribution in [-0.4, -0.2) is 34.8 Å². The molecule has 0 saturated carbocycles. The van der Waals surface area contributed by atoms with Gasteiger partial charge in [0.05, 0.1) is 18.0 Å². The van der Waals surface area contributed by atoms with Gasteiger partial charge in [0, 0.05) is 30.8 Å². The number of hydrogen-bond donors (Lipinski definition) is 2. The van der Waals surface area contributed by atoms with Crippen LogP contribution in [0.1, 0.15) is 17.0 Å². The minimum Gasteiger partial charge on any atom is -0.350 e. The van der Waals surface area contributed by atoms with Crippen LogP contribution in [0.5, 0.6) is 0 Å². The van der Waals surface area contributed by atoms with Crippen LogP contribution in [0.25, 0.3) is 0 Å². The molecule has 1 aliphatic rings. The van der Waals surface area contributed by atoms with E-state index < -0.39 is 17.6 Å². The number of amidine groups is 1. The van der Waals surface area contributed by atoms with E-state index in [1.54, 1.807) is 24.3 Å². The van der Waals surface area contributed by atoms with Crippen LogP contribution in [0.3, 0.4) is 0 Å². The van der Waals surface area contributed by atoms with E-state index in [0.717, 1.165) is 5.56 Å². The Morgan fingerprint density at radius 2 is 2.04 bits per heavy atom. The summed E-state index contributed by atoms with van der Waals surface area (Å²) >= 11 is 1.52. The van der Waals surface area contributed by atoms with Gasteiger partial charge in [-0.2, -0.15) is 0 Å². The Labute approximate surface area is 143 Å². The summed E-state index contributed by atoms with van der Waals surface area (Å²) in [5, 5.41) is 11.3. The first-order chi connectivity index (χ1) is 11.6. The SMILES string of the molecule is CN1CNC(SCc2cccnc2)C(c2c(F)cccc2F)C1=N. The van der Waals surface area contributed by atoms with Crippen LogP contribution >= 0.6 is 11.8 Å². The minimum absolute atomic E-state index is 0.0507. The van der Waals surface area contributed by atoms with E-state index in [-0.39, 0.29) is 16.8 Å². The number of nitrogens with zero attached hydrogens (tertiary/aromatic N) is 2. The minimum atomic E-state index is -0.688. The number of benzene rings is 1. The fourth-order valence-corrected chi connectivity index (χ4v) is 3.92. The van der Waals surface area contributed by atoms with Crippen molar-refractivity contribution in [2.24, 2.45) is 0 Å². The Morgan fingerprint density at radius 3 is 2.71 bits per heavy atom. The topological polar surface area (TPSA) is 52.0 Å². The van der Waals surface area contributed by atoms with E-state index in [1.165, 1.54) is 30.0 Å². The standard InChI is InChI=1S/C17H18F2N4S/c1-23-10-22-17(24-9-11-4-3-7-21-8-11)15(16(23)20)14-12(18)5-2-6-13(14)19/h2-8,15,17,20,22H,9-10H2,1H3. The third kappa shape index (κ3) is 3.42. The van der Waals surface area contributed by atoms with Crippen molar-refractivity contribution in [3.63, 3.8) is 0 Å². The molecule has 1 aliphatic heterocycles. The molecule has 2 atom stereocenters. The maximum atomic E-state index is 14.3. The molecule has 2 unspecified atom stereocenters. The van der Waals surface area contributed by atoms with Crippen molar-refractivity contribution in [2.75, 3.05) is 13.7 Å². The van der Waals surface area contributed by atoms with Gasteiger partial charge in [-0.25, -0.2) is 8.78 Å². The average Bonchev–Trinajstić information content (AvgIpc) is 2.58. The lowest BCUT2D eigenvalue weighted by Gasteiger charge is -2.39. The van der Waals surface area contributed by atoms with Gasteiger partial charge in [-0.1, -0.05) is 12.1 Å². The normalized spacial score (nSPS) is 21.1. The molecular formula is C17H18F2N4S. The fourth-order valence-electron chi connectivity index (χ4n) is 2.73. The van der Waals surface area contributed by atoms with Gasteiger partial charge in [0.1, 0.15) is 17.5 Å². The van der Waals surface area contributed by atoms with Gasteiger partial charge in [-0.05, 0) is 23.8 Å². The molecule has 7 heteroatoms. The van der Waals surface area contributed by atoms with Crippen molar-refractivity contribution in [2.45, 2.75) is 17.0 Å². The van der Waals surface area contributed by atoms with Crippen LogP contribution in [0.15, 0.2) is 42.7 Å². The number of likely N-dealkylation sites (N-methyl/N-ethyl adjacent to an activating group) is 1. The van der Waals surface area contributed by atoms with Crippen LogP contribution in [0.4, 0.5) is 8.78 Å². The highest BCUT2D eigenvalue weighted by Crippen LogP contribution is 2.35. The van der Waals surface area contributed by atoms with Gasteiger partial charge in [-0.3, -0.25) is 15.7 Å². The average molecular weight is 348 g/mol. The molecule has 1 fully saturated rings. The number of pyridine rings is 1. The summed E-state index contributed by atoms with van der Waals surface area (Å²) in [6, 6.07) is 7.63. The highest BCUT2D eigenvalue weighted by molar-refractivity contribution is 7.99. The van der Waals surface area contributed by atoms with Crippen LogP contribution in [0, 0.1) is 17.0 Å². The van der Waals surface area contributed by atoms with Crippen molar-refractivity contribution in [1.29, 1.82) is 5.41 Å². The molecule has 2 aromatic rings. The molecule has 0 amide bonds. The second-order valence-electron chi connectivity index (χ2n) is 5.65. The quantitative estimate of drug-likeness (QED) is 0.891. The molecule has 3 rings (SSSR count). The summed E-state index contributed by atoms with van der Waals surface area (Å²) in [7, 11) is 1.74. The molecule has 4 nitrogen and oxygen atoms in total. The van der Waals surface area contributed by atoms with Crippen molar-refractivity contribution in [1.82, 2.24) is 15.2 Å². The zero-order chi connectivity index (χ0) is 17.1. The van der Waals surface area contributed by atoms with E-state index >= 15 is 0 Å². The lowest BCUT2D eigenvalue weighted by molar-refractivity contribution is 0.363. The highest BCUT2D eigenvalue weighted by atomic mass is 32.2. The first kappa shape index (κ1) is 16.9.